The average Bonchev–Trinajstić information content (AvgIpc) is 3.80. The van der Waals surface area contributed by atoms with Crippen LogP contribution in [0.5, 0.6) is 0 Å². The van der Waals surface area contributed by atoms with Gasteiger partial charge >= 0.3 is 0 Å². The van der Waals surface area contributed by atoms with Crippen molar-refractivity contribution >= 4 is 43.9 Å². The molecule has 52 heavy (non-hydrogen) atoms. The molecule has 242 valence electrons. The highest BCUT2D eigenvalue weighted by Gasteiger charge is 2.19. The van der Waals surface area contributed by atoms with E-state index >= 15 is 0 Å². The van der Waals surface area contributed by atoms with E-state index in [1.165, 1.54) is 0 Å². The van der Waals surface area contributed by atoms with Gasteiger partial charge in [0.05, 0.1) is 11.6 Å². The van der Waals surface area contributed by atoms with Gasteiger partial charge in [-0.3, -0.25) is 0 Å². The monoisotopic (exact) mass is 666 g/mol. The van der Waals surface area contributed by atoms with Crippen molar-refractivity contribution in [2.75, 3.05) is 0 Å². The molecule has 0 spiro atoms. The van der Waals surface area contributed by atoms with E-state index in [0.717, 1.165) is 82.8 Å². The summed E-state index contributed by atoms with van der Waals surface area (Å²) in [5, 5.41) is 13.9. The quantitative estimate of drug-likeness (QED) is 0.182. The van der Waals surface area contributed by atoms with Crippen LogP contribution in [-0.2, 0) is 0 Å². The molecule has 6 nitrogen and oxygen atoms in total. The number of fused-ring (bicyclic) bond motifs is 6. The number of benzene rings is 7. The molecular weight excluding hydrogens is 641 g/mol. The first-order valence-electron chi connectivity index (χ1n) is 17.0. The van der Waals surface area contributed by atoms with Crippen LogP contribution in [0, 0.1) is 11.3 Å². The Morgan fingerprint density at radius 1 is 0.385 bits per heavy atom. The van der Waals surface area contributed by atoms with Gasteiger partial charge in [-0.2, -0.15) is 5.26 Å². The van der Waals surface area contributed by atoms with E-state index in [0.29, 0.717) is 23.0 Å². The molecule has 0 saturated carbocycles. The molecule has 0 aliphatic rings. The normalized spacial score (nSPS) is 11.4. The summed E-state index contributed by atoms with van der Waals surface area (Å²) in [4.78, 5) is 15.0. The molecule has 0 unspecified atom stereocenters. The van der Waals surface area contributed by atoms with E-state index in [1.54, 1.807) is 12.1 Å². The average molecular weight is 667 g/mol. The molecule has 10 aromatic rings. The smallest absolute Gasteiger partial charge is 0.164 e. The summed E-state index contributed by atoms with van der Waals surface area (Å²) in [5.41, 5.74) is 10.0. The molecular formula is C46H26N4O2. The molecule has 0 fully saturated rings. The summed E-state index contributed by atoms with van der Waals surface area (Å²) in [6, 6.07) is 54.7. The number of rotatable bonds is 5. The fourth-order valence-corrected chi connectivity index (χ4v) is 7.09. The van der Waals surface area contributed by atoms with E-state index in [2.05, 4.69) is 72.8 Å². The van der Waals surface area contributed by atoms with Crippen LogP contribution in [0.1, 0.15) is 5.56 Å². The van der Waals surface area contributed by atoms with Crippen LogP contribution in [0.15, 0.2) is 167 Å². The van der Waals surface area contributed by atoms with Gasteiger partial charge in [-0.05, 0) is 53.6 Å². The Morgan fingerprint density at radius 3 is 1.44 bits per heavy atom. The molecule has 0 radical (unpaired) electrons. The third kappa shape index (κ3) is 4.92. The van der Waals surface area contributed by atoms with Gasteiger partial charge in [0.25, 0.3) is 0 Å². The van der Waals surface area contributed by atoms with Crippen LogP contribution in [0.4, 0.5) is 0 Å². The summed E-state index contributed by atoms with van der Waals surface area (Å²) in [5.74, 6) is 1.52. The molecule has 0 atom stereocenters. The molecule has 0 bridgehead atoms. The van der Waals surface area contributed by atoms with Crippen LogP contribution < -0.4 is 0 Å². The van der Waals surface area contributed by atoms with Crippen molar-refractivity contribution in [3.05, 3.63) is 163 Å². The Hall–Kier alpha value is -7.36. The molecule has 10 rings (SSSR count). The van der Waals surface area contributed by atoms with Crippen molar-refractivity contribution in [1.29, 1.82) is 5.26 Å². The largest absolute Gasteiger partial charge is 0.455 e. The van der Waals surface area contributed by atoms with Crippen molar-refractivity contribution in [3.63, 3.8) is 0 Å². The Kier molecular flexibility index (Phi) is 6.76. The van der Waals surface area contributed by atoms with Crippen LogP contribution in [-0.4, -0.2) is 15.0 Å². The van der Waals surface area contributed by atoms with Gasteiger partial charge in [-0.15, -0.1) is 0 Å². The zero-order valence-electron chi connectivity index (χ0n) is 27.6. The second kappa shape index (κ2) is 11.9. The van der Waals surface area contributed by atoms with Gasteiger partial charge in [0.15, 0.2) is 17.5 Å². The fourth-order valence-electron chi connectivity index (χ4n) is 7.09. The minimum absolute atomic E-state index is 0.478. The third-order valence-electron chi connectivity index (χ3n) is 9.54. The van der Waals surface area contributed by atoms with E-state index < -0.39 is 0 Å². The predicted octanol–water partition coefficient (Wildman–Crippen LogP) is 11.9. The molecule has 0 aliphatic carbocycles. The van der Waals surface area contributed by atoms with Gasteiger partial charge < -0.3 is 8.83 Å². The first-order chi connectivity index (χ1) is 25.7. The van der Waals surface area contributed by atoms with Crippen LogP contribution >= 0.6 is 0 Å². The lowest BCUT2D eigenvalue weighted by Gasteiger charge is -2.13. The Labute approximate surface area is 297 Å². The Morgan fingerprint density at radius 2 is 0.846 bits per heavy atom. The molecule has 3 heterocycles. The molecule has 0 amide bonds. The number of para-hydroxylation sites is 4. The number of aromatic nitrogens is 3. The zero-order chi connectivity index (χ0) is 34.6. The van der Waals surface area contributed by atoms with Gasteiger partial charge in [-0.25, -0.2) is 15.0 Å². The topological polar surface area (TPSA) is 88.7 Å². The first kappa shape index (κ1) is 29.5. The third-order valence-corrected chi connectivity index (χ3v) is 9.54. The van der Waals surface area contributed by atoms with Gasteiger partial charge in [-0.1, -0.05) is 115 Å². The van der Waals surface area contributed by atoms with Crippen molar-refractivity contribution in [1.82, 2.24) is 15.0 Å². The SMILES string of the molecule is N#Cc1cccc(-c2nc(-c3ccccc3)nc(-c3cc(-c4cccc5c4oc4ccccc45)cc(-c4cccc5c4oc4ccccc45)c3)n2)c1. The maximum Gasteiger partial charge on any atom is 0.164 e. The summed E-state index contributed by atoms with van der Waals surface area (Å²) in [7, 11) is 0. The highest BCUT2D eigenvalue weighted by molar-refractivity contribution is 6.11. The van der Waals surface area contributed by atoms with Crippen LogP contribution in [0.2, 0.25) is 0 Å². The molecule has 0 N–H and O–H groups in total. The standard InChI is InChI=1S/C46H26N4O2/c47-27-28-11-8-14-30(23-28)45-48-44(29-12-2-1-3-13-29)49-46(50-45)33-25-31(34-17-9-19-38-36-15-4-6-21-40(36)51-42(34)38)24-32(26-33)35-18-10-20-39-37-16-5-7-22-41(37)52-43(35)39/h1-26H. The lowest BCUT2D eigenvalue weighted by atomic mass is 9.94. The van der Waals surface area contributed by atoms with Crippen LogP contribution in [0.3, 0.4) is 0 Å². The highest BCUT2D eigenvalue weighted by atomic mass is 16.3. The van der Waals surface area contributed by atoms with Gasteiger partial charge in [0.2, 0.25) is 0 Å². The zero-order valence-corrected chi connectivity index (χ0v) is 27.6. The number of nitrogens with zero attached hydrogens (tertiary/aromatic N) is 4. The number of hydrogen-bond donors (Lipinski definition) is 0. The first-order valence-corrected chi connectivity index (χ1v) is 17.0. The second-order valence-corrected chi connectivity index (χ2v) is 12.7. The highest BCUT2D eigenvalue weighted by Crippen LogP contribution is 2.41. The Balaban J connectivity index is 1.26. The maximum absolute atomic E-state index is 9.68. The van der Waals surface area contributed by atoms with Crippen LogP contribution in [0.25, 0.3) is 100 Å². The summed E-state index contributed by atoms with van der Waals surface area (Å²) in [6.45, 7) is 0. The van der Waals surface area contributed by atoms with Crippen molar-refractivity contribution < 1.29 is 8.83 Å². The fraction of sp³-hybridized carbons (Fsp3) is 0. The molecule has 3 aromatic heterocycles. The number of furan rings is 2. The van der Waals surface area contributed by atoms with E-state index in [9.17, 15) is 5.26 Å². The maximum atomic E-state index is 9.68. The lowest BCUT2D eigenvalue weighted by molar-refractivity contribution is 0.670. The number of nitriles is 1. The molecule has 0 saturated heterocycles. The summed E-state index contributed by atoms with van der Waals surface area (Å²) < 4.78 is 13.1. The van der Waals surface area contributed by atoms with Crippen molar-refractivity contribution in [2.24, 2.45) is 0 Å². The Bertz CT molecular complexity index is 2910. The summed E-state index contributed by atoms with van der Waals surface area (Å²) in [6.07, 6.45) is 0. The molecule has 7 aromatic carbocycles. The van der Waals surface area contributed by atoms with Crippen molar-refractivity contribution in [2.45, 2.75) is 0 Å². The minimum Gasteiger partial charge on any atom is -0.455 e. The van der Waals surface area contributed by atoms with Gasteiger partial charge in [0, 0.05) is 49.4 Å². The van der Waals surface area contributed by atoms with E-state index in [4.69, 9.17) is 23.8 Å². The van der Waals surface area contributed by atoms with Gasteiger partial charge in [0.1, 0.15) is 22.3 Å². The minimum atomic E-state index is 0.478. The number of hydrogen-bond acceptors (Lipinski definition) is 6. The summed E-state index contributed by atoms with van der Waals surface area (Å²) >= 11 is 0. The predicted molar refractivity (Wildman–Crippen MR) is 206 cm³/mol. The van der Waals surface area contributed by atoms with Crippen molar-refractivity contribution in [3.8, 4) is 62.5 Å². The second-order valence-electron chi connectivity index (χ2n) is 12.7. The molecule has 0 aliphatic heterocycles. The molecule has 6 heteroatoms. The van der Waals surface area contributed by atoms with E-state index in [-0.39, 0.29) is 0 Å². The lowest BCUT2D eigenvalue weighted by Crippen LogP contribution is -2.01. The van der Waals surface area contributed by atoms with E-state index in [1.807, 2.05) is 78.9 Å².